The Morgan fingerprint density at radius 3 is 2.68 bits per heavy atom. The van der Waals surface area contributed by atoms with Crippen molar-refractivity contribution in [3.8, 4) is 5.75 Å². The monoisotopic (exact) mass is 302 g/mol. The van der Waals surface area contributed by atoms with Gasteiger partial charge in [0.1, 0.15) is 17.1 Å². The predicted molar refractivity (Wildman–Crippen MR) is 84.1 cm³/mol. The molecule has 1 unspecified atom stereocenters. The van der Waals surface area contributed by atoms with Crippen LogP contribution in [-0.4, -0.2) is 29.6 Å². The van der Waals surface area contributed by atoms with E-state index in [9.17, 15) is 4.79 Å². The standard InChI is InChI=1S/C17H22N2O3/c1-6-19(17(20)16-11(2)18-22-13(16)4)12(3)14-8-7-9-15(10-14)21-5/h7-10,12H,6H2,1-5H3. The third-order valence-electron chi connectivity index (χ3n) is 3.89. The first-order valence-corrected chi connectivity index (χ1v) is 7.37. The molecule has 1 amide bonds. The molecule has 0 aliphatic heterocycles. The van der Waals surface area contributed by atoms with E-state index in [0.29, 0.717) is 23.6 Å². The molecule has 118 valence electrons. The Kier molecular flexibility index (Phi) is 4.85. The molecular weight excluding hydrogens is 280 g/mol. The van der Waals surface area contributed by atoms with Gasteiger partial charge in [0, 0.05) is 6.54 Å². The van der Waals surface area contributed by atoms with Crippen molar-refractivity contribution < 1.29 is 14.1 Å². The highest BCUT2D eigenvalue weighted by Crippen LogP contribution is 2.26. The van der Waals surface area contributed by atoms with Crippen LogP contribution in [0, 0.1) is 13.8 Å². The quantitative estimate of drug-likeness (QED) is 0.848. The van der Waals surface area contributed by atoms with Gasteiger partial charge in [-0.1, -0.05) is 17.3 Å². The molecule has 1 aromatic heterocycles. The van der Waals surface area contributed by atoms with Crippen molar-refractivity contribution in [1.29, 1.82) is 0 Å². The summed E-state index contributed by atoms with van der Waals surface area (Å²) in [7, 11) is 1.64. The van der Waals surface area contributed by atoms with E-state index in [0.717, 1.165) is 11.3 Å². The number of hydrogen-bond donors (Lipinski definition) is 0. The summed E-state index contributed by atoms with van der Waals surface area (Å²) in [6, 6.07) is 7.70. The maximum atomic E-state index is 12.8. The highest BCUT2D eigenvalue weighted by atomic mass is 16.5. The molecule has 0 N–H and O–H groups in total. The molecule has 0 fully saturated rings. The minimum absolute atomic E-state index is 0.0610. The van der Waals surface area contributed by atoms with Gasteiger partial charge in [0.2, 0.25) is 0 Å². The summed E-state index contributed by atoms with van der Waals surface area (Å²) in [5, 5.41) is 3.87. The number of aromatic nitrogens is 1. The fourth-order valence-corrected chi connectivity index (χ4v) is 2.61. The first-order chi connectivity index (χ1) is 10.5. The van der Waals surface area contributed by atoms with Crippen molar-refractivity contribution in [3.63, 3.8) is 0 Å². The average Bonchev–Trinajstić information content (AvgIpc) is 2.86. The highest BCUT2D eigenvalue weighted by Gasteiger charge is 2.26. The molecule has 5 heteroatoms. The molecule has 2 rings (SSSR count). The lowest BCUT2D eigenvalue weighted by atomic mass is 10.0. The van der Waals surface area contributed by atoms with E-state index >= 15 is 0 Å². The largest absolute Gasteiger partial charge is 0.497 e. The molecule has 5 nitrogen and oxygen atoms in total. The normalized spacial score (nSPS) is 12.0. The third kappa shape index (κ3) is 2.98. The molecule has 0 radical (unpaired) electrons. The summed E-state index contributed by atoms with van der Waals surface area (Å²) in [6.45, 7) is 8.12. The van der Waals surface area contributed by atoms with Crippen LogP contribution in [0.3, 0.4) is 0 Å². The summed E-state index contributed by atoms with van der Waals surface area (Å²) in [6.07, 6.45) is 0. The second-order valence-corrected chi connectivity index (χ2v) is 5.24. The second-order valence-electron chi connectivity index (χ2n) is 5.24. The van der Waals surface area contributed by atoms with Crippen LogP contribution in [-0.2, 0) is 0 Å². The van der Waals surface area contributed by atoms with Gasteiger partial charge >= 0.3 is 0 Å². The fraction of sp³-hybridized carbons (Fsp3) is 0.412. The van der Waals surface area contributed by atoms with Crippen LogP contribution in [0.1, 0.15) is 47.3 Å². The highest BCUT2D eigenvalue weighted by molar-refractivity contribution is 5.96. The summed E-state index contributed by atoms with van der Waals surface area (Å²) in [5.41, 5.74) is 2.21. The van der Waals surface area contributed by atoms with Gasteiger partial charge in [-0.25, -0.2) is 0 Å². The molecular formula is C17H22N2O3. The third-order valence-corrected chi connectivity index (χ3v) is 3.89. The maximum Gasteiger partial charge on any atom is 0.259 e. The van der Waals surface area contributed by atoms with E-state index in [1.807, 2.05) is 38.1 Å². The number of aryl methyl sites for hydroxylation is 2. The number of hydrogen-bond acceptors (Lipinski definition) is 4. The Hall–Kier alpha value is -2.30. The number of carbonyl (C=O) groups is 1. The van der Waals surface area contributed by atoms with Gasteiger partial charge in [-0.3, -0.25) is 4.79 Å². The van der Waals surface area contributed by atoms with Gasteiger partial charge in [0.25, 0.3) is 5.91 Å². The molecule has 0 spiro atoms. The maximum absolute atomic E-state index is 12.8. The van der Waals surface area contributed by atoms with Crippen LogP contribution in [0.2, 0.25) is 0 Å². The Morgan fingerprint density at radius 2 is 2.14 bits per heavy atom. The van der Waals surface area contributed by atoms with Crippen molar-refractivity contribution in [2.45, 2.75) is 33.7 Å². The number of nitrogens with zero attached hydrogens (tertiary/aromatic N) is 2. The molecule has 22 heavy (non-hydrogen) atoms. The van der Waals surface area contributed by atoms with Crippen molar-refractivity contribution >= 4 is 5.91 Å². The van der Waals surface area contributed by atoms with Crippen LogP contribution in [0.5, 0.6) is 5.75 Å². The van der Waals surface area contributed by atoms with Gasteiger partial charge in [-0.15, -0.1) is 0 Å². The number of ether oxygens (including phenoxy) is 1. The number of methoxy groups -OCH3 is 1. The van der Waals surface area contributed by atoms with Crippen molar-refractivity contribution in [3.05, 3.63) is 46.8 Å². The molecule has 0 aliphatic carbocycles. The summed E-state index contributed by atoms with van der Waals surface area (Å²) < 4.78 is 10.4. The van der Waals surface area contributed by atoms with Gasteiger partial charge in [0.15, 0.2) is 0 Å². The van der Waals surface area contributed by atoms with Crippen LogP contribution in [0.25, 0.3) is 0 Å². The SMILES string of the molecule is CCN(C(=O)c1c(C)noc1C)C(C)c1cccc(OC)c1. The molecule has 2 aromatic rings. The number of carbonyl (C=O) groups excluding carboxylic acids is 1. The lowest BCUT2D eigenvalue weighted by molar-refractivity contribution is 0.0699. The first-order valence-electron chi connectivity index (χ1n) is 7.37. The van der Waals surface area contributed by atoms with Crippen molar-refractivity contribution in [2.75, 3.05) is 13.7 Å². The molecule has 0 saturated heterocycles. The molecule has 1 heterocycles. The average molecular weight is 302 g/mol. The first kappa shape index (κ1) is 16.1. The molecule has 1 atom stereocenters. The van der Waals surface area contributed by atoms with Gasteiger partial charge in [0.05, 0.1) is 18.8 Å². The lowest BCUT2D eigenvalue weighted by Crippen LogP contribution is -2.34. The molecule has 0 aliphatic rings. The van der Waals surface area contributed by atoms with Gasteiger partial charge in [-0.2, -0.15) is 0 Å². The Bertz CT molecular complexity index is 644. The van der Waals surface area contributed by atoms with E-state index in [4.69, 9.17) is 9.26 Å². The Balaban J connectivity index is 2.32. The van der Waals surface area contributed by atoms with Crippen molar-refractivity contribution in [2.24, 2.45) is 0 Å². The Labute approximate surface area is 130 Å². The minimum atomic E-state index is -0.0682. The number of amides is 1. The van der Waals surface area contributed by atoms with E-state index in [1.165, 1.54) is 0 Å². The van der Waals surface area contributed by atoms with E-state index in [2.05, 4.69) is 5.16 Å². The molecule has 0 saturated carbocycles. The summed E-state index contributed by atoms with van der Waals surface area (Å²) >= 11 is 0. The summed E-state index contributed by atoms with van der Waals surface area (Å²) in [4.78, 5) is 14.6. The second kappa shape index (κ2) is 6.64. The number of rotatable bonds is 5. The van der Waals surface area contributed by atoms with Crippen LogP contribution >= 0.6 is 0 Å². The van der Waals surface area contributed by atoms with Gasteiger partial charge < -0.3 is 14.2 Å². The number of benzene rings is 1. The zero-order valence-electron chi connectivity index (χ0n) is 13.7. The zero-order valence-corrected chi connectivity index (χ0v) is 13.7. The van der Waals surface area contributed by atoms with Crippen molar-refractivity contribution in [1.82, 2.24) is 10.1 Å². The van der Waals surface area contributed by atoms with E-state index in [-0.39, 0.29) is 11.9 Å². The molecule has 1 aromatic carbocycles. The van der Waals surface area contributed by atoms with Crippen LogP contribution in [0.4, 0.5) is 0 Å². The van der Waals surface area contributed by atoms with Crippen LogP contribution < -0.4 is 4.74 Å². The zero-order chi connectivity index (χ0) is 16.3. The van der Waals surface area contributed by atoms with E-state index in [1.54, 1.807) is 25.9 Å². The molecule has 0 bridgehead atoms. The van der Waals surface area contributed by atoms with E-state index < -0.39 is 0 Å². The lowest BCUT2D eigenvalue weighted by Gasteiger charge is -2.28. The smallest absolute Gasteiger partial charge is 0.259 e. The van der Waals surface area contributed by atoms with Gasteiger partial charge in [-0.05, 0) is 45.4 Å². The van der Waals surface area contributed by atoms with Crippen LogP contribution in [0.15, 0.2) is 28.8 Å². The summed E-state index contributed by atoms with van der Waals surface area (Å²) in [5.74, 6) is 1.28. The topological polar surface area (TPSA) is 55.6 Å². The fourth-order valence-electron chi connectivity index (χ4n) is 2.61. The minimum Gasteiger partial charge on any atom is -0.497 e. The predicted octanol–water partition coefficient (Wildman–Crippen LogP) is 3.52. The Morgan fingerprint density at radius 1 is 1.41 bits per heavy atom.